The number of ether oxygens (including phenoxy) is 2. The van der Waals surface area contributed by atoms with Crippen LogP contribution in [0.2, 0.25) is 0 Å². The number of aryl methyl sites for hydroxylation is 1. The lowest BCUT2D eigenvalue weighted by atomic mass is 9.81. The maximum Gasteiger partial charge on any atom is 0.184 e. The number of hydrogen-bond donors (Lipinski definition) is 0. The van der Waals surface area contributed by atoms with Crippen LogP contribution < -0.4 is 4.90 Å². The molecule has 1 aliphatic heterocycles. The number of benzene rings is 3. The van der Waals surface area contributed by atoms with Gasteiger partial charge in [-0.1, -0.05) is 54.6 Å². The Morgan fingerprint density at radius 3 is 2.29 bits per heavy atom. The molecule has 0 bridgehead atoms. The summed E-state index contributed by atoms with van der Waals surface area (Å²) >= 11 is 0. The molecule has 0 unspecified atom stereocenters. The van der Waals surface area contributed by atoms with Gasteiger partial charge in [-0.15, -0.1) is 0 Å². The Hall–Kier alpha value is -3.17. The Morgan fingerprint density at radius 2 is 1.59 bits per heavy atom. The molecule has 0 amide bonds. The first-order valence-corrected chi connectivity index (χ1v) is 12.0. The van der Waals surface area contributed by atoms with E-state index in [1.807, 2.05) is 0 Å². The van der Waals surface area contributed by atoms with Crippen LogP contribution in [-0.4, -0.2) is 45.3 Å². The predicted octanol–water partition coefficient (Wildman–Crippen LogP) is 4.94. The largest absolute Gasteiger partial charge is 0.368 e. The summed E-state index contributed by atoms with van der Waals surface area (Å²) in [6, 6.07) is 23.9. The van der Waals surface area contributed by atoms with Crippen molar-refractivity contribution in [1.82, 2.24) is 4.90 Å². The minimum absolute atomic E-state index is 0.577. The molecular formula is C29H31N3O2. The fourth-order valence-corrected chi connectivity index (χ4v) is 5.46. The van der Waals surface area contributed by atoms with Crippen molar-refractivity contribution in [2.45, 2.75) is 25.7 Å². The van der Waals surface area contributed by atoms with Gasteiger partial charge in [0.2, 0.25) is 0 Å². The molecule has 0 atom stereocenters. The third-order valence-electron chi connectivity index (χ3n) is 7.12. The van der Waals surface area contributed by atoms with Crippen LogP contribution in [0.3, 0.4) is 0 Å². The standard InChI is InChI=1S/C29H31N3O2/c1-33-29(34-2)26-18-25-23-11-7-6-10-22(23)12-13-24(25)28(27(26)19-30)32-16-14-31(15-17-32)20-21-8-4-3-5-9-21/h3-11,18,29H,12-17,20H2,1-2H3. The number of anilines is 1. The van der Waals surface area contributed by atoms with Gasteiger partial charge < -0.3 is 14.4 Å². The fraction of sp³-hybridized carbons (Fsp3) is 0.345. The van der Waals surface area contributed by atoms with Gasteiger partial charge >= 0.3 is 0 Å². The van der Waals surface area contributed by atoms with Crippen molar-refractivity contribution in [1.29, 1.82) is 5.26 Å². The highest BCUT2D eigenvalue weighted by Crippen LogP contribution is 2.44. The minimum atomic E-state index is -0.577. The molecule has 2 aliphatic rings. The third kappa shape index (κ3) is 4.21. The van der Waals surface area contributed by atoms with Crippen molar-refractivity contribution in [3.8, 4) is 17.2 Å². The molecule has 5 nitrogen and oxygen atoms in total. The van der Waals surface area contributed by atoms with E-state index in [4.69, 9.17) is 9.47 Å². The molecule has 5 heteroatoms. The number of nitriles is 1. The van der Waals surface area contributed by atoms with Gasteiger partial charge in [-0.25, -0.2) is 0 Å². The summed E-state index contributed by atoms with van der Waals surface area (Å²) in [7, 11) is 3.26. The fourth-order valence-electron chi connectivity index (χ4n) is 5.46. The van der Waals surface area contributed by atoms with E-state index in [0.717, 1.165) is 56.8 Å². The molecule has 0 radical (unpaired) electrons. The molecular weight excluding hydrogens is 422 g/mol. The summed E-state index contributed by atoms with van der Waals surface area (Å²) in [6.07, 6.45) is 1.35. The molecule has 0 spiro atoms. The van der Waals surface area contributed by atoms with Crippen molar-refractivity contribution in [2.75, 3.05) is 45.3 Å². The third-order valence-corrected chi connectivity index (χ3v) is 7.12. The van der Waals surface area contributed by atoms with Crippen molar-refractivity contribution < 1.29 is 9.47 Å². The molecule has 1 saturated heterocycles. The lowest BCUT2D eigenvalue weighted by Gasteiger charge is -2.39. The number of methoxy groups -OCH3 is 2. The van der Waals surface area contributed by atoms with E-state index in [1.54, 1.807) is 14.2 Å². The second-order valence-electron chi connectivity index (χ2n) is 9.04. The van der Waals surface area contributed by atoms with Gasteiger partial charge in [-0.3, -0.25) is 4.90 Å². The molecule has 5 rings (SSSR count). The highest BCUT2D eigenvalue weighted by molar-refractivity contribution is 5.83. The molecule has 3 aromatic rings. The van der Waals surface area contributed by atoms with E-state index in [-0.39, 0.29) is 0 Å². The van der Waals surface area contributed by atoms with Crippen molar-refractivity contribution >= 4 is 5.69 Å². The topological polar surface area (TPSA) is 48.7 Å². The summed E-state index contributed by atoms with van der Waals surface area (Å²) in [6.45, 7) is 4.68. The molecule has 3 aromatic carbocycles. The van der Waals surface area contributed by atoms with Crippen LogP contribution in [0, 0.1) is 11.3 Å². The second-order valence-corrected chi connectivity index (χ2v) is 9.04. The average molecular weight is 454 g/mol. The van der Waals surface area contributed by atoms with E-state index in [2.05, 4.69) is 76.5 Å². The van der Waals surface area contributed by atoms with Gasteiger partial charge in [-0.05, 0) is 46.7 Å². The molecule has 0 saturated carbocycles. The van der Waals surface area contributed by atoms with Gasteiger partial charge in [0.15, 0.2) is 6.29 Å². The normalized spacial score (nSPS) is 15.6. The van der Waals surface area contributed by atoms with Gasteiger partial charge in [-0.2, -0.15) is 5.26 Å². The van der Waals surface area contributed by atoms with Crippen molar-refractivity contribution in [3.05, 3.63) is 88.5 Å². The molecule has 34 heavy (non-hydrogen) atoms. The summed E-state index contributed by atoms with van der Waals surface area (Å²) in [4.78, 5) is 4.91. The molecule has 1 aliphatic carbocycles. The minimum Gasteiger partial charge on any atom is -0.368 e. The van der Waals surface area contributed by atoms with Crippen LogP contribution in [0.5, 0.6) is 0 Å². The Balaban J connectivity index is 1.53. The lowest BCUT2D eigenvalue weighted by Crippen LogP contribution is -2.46. The van der Waals surface area contributed by atoms with Gasteiger partial charge in [0, 0.05) is 52.5 Å². The van der Waals surface area contributed by atoms with Gasteiger partial charge in [0.05, 0.1) is 11.3 Å². The number of piperazine rings is 1. The first kappa shape index (κ1) is 22.6. The highest BCUT2D eigenvalue weighted by atomic mass is 16.7. The van der Waals surface area contributed by atoms with E-state index in [1.165, 1.54) is 27.8 Å². The number of nitrogens with zero attached hydrogens (tertiary/aromatic N) is 3. The highest BCUT2D eigenvalue weighted by Gasteiger charge is 2.30. The number of hydrogen-bond acceptors (Lipinski definition) is 5. The lowest BCUT2D eigenvalue weighted by molar-refractivity contribution is -0.106. The van der Waals surface area contributed by atoms with Crippen molar-refractivity contribution in [2.24, 2.45) is 0 Å². The van der Waals surface area contributed by atoms with Crippen LogP contribution in [0.15, 0.2) is 60.7 Å². The Labute approximate surface area is 202 Å². The van der Waals surface area contributed by atoms with Crippen LogP contribution >= 0.6 is 0 Å². The monoisotopic (exact) mass is 453 g/mol. The maximum absolute atomic E-state index is 10.3. The zero-order valence-corrected chi connectivity index (χ0v) is 20.0. The van der Waals surface area contributed by atoms with Crippen molar-refractivity contribution in [3.63, 3.8) is 0 Å². The predicted molar refractivity (Wildman–Crippen MR) is 135 cm³/mol. The average Bonchev–Trinajstić information content (AvgIpc) is 2.89. The molecule has 1 heterocycles. The van der Waals surface area contributed by atoms with Gasteiger partial charge in [0.1, 0.15) is 6.07 Å². The van der Waals surface area contributed by atoms with E-state index in [0.29, 0.717) is 5.56 Å². The zero-order valence-electron chi connectivity index (χ0n) is 20.0. The summed E-state index contributed by atoms with van der Waals surface area (Å²) < 4.78 is 11.3. The maximum atomic E-state index is 10.3. The number of rotatable bonds is 6. The van der Waals surface area contributed by atoms with Gasteiger partial charge in [0.25, 0.3) is 0 Å². The van der Waals surface area contributed by atoms with E-state index < -0.39 is 6.29 Å². The van der Waals surface area contributed by atoms with E-state index >= 15 is 0 Å². The summed E-state index contributed by atoms with van der Waals surface area (Å²) in [5.74, 6) is 0. The van der Waals surface area contributed by atoms with Crippen LogP contribution in [0.1, 0.15) is 34.1 Å². The second kappa shape index (κ2) is 9.99. The Morgan fingerprint density at radius 1 is 0.882 bits per heavy atom. The Kier molecular flexibility index (Phi) is 6.64. The number of fused-ring (bicyclic) bond motifs is 3. The summed E-state index contributed by atoms with van der Waals surface area (Å²) in [5, 5.41) is 10.3. The summed E-state index contributed by atoms with van der Waals surface area (Å²) in [5.41, 5.74) is 9.00. The first-order valence-electron chi connectivity index (χ1n) is 12.0. The Bertz CT molecular complexity index is 1190. The van der Waals surface area contributed by atoms with Crippen LogP contribution in [-0.2, 0) is 28.9 Å². The molecule has 0 aromatic heterocycles. The van der Waals surface area contributed by atoms with Crippen LogP contribution in [0.4, 0.5) is 5.69 Å². The zero-order chi connectivity index (χ0) is 23.5. The SMILES string of the molecule is COC(OC)c1cc2c(c(N3CCN(Cc4ccccc4)CC3)c1C#N)CCc1ccccc1-2. The molecule has 0 N–H and O–H groups in total. The molecule has 174 valence electrons. The first-order chi connectivity index (χ1) is 16.7. The van der Waals surface area contributed by atoms with E-state index in [9.17, 15) is 5.26 Å². The smallest absolute Gasteiger partial charge is 0.184 e. The quantitative estimate of drug-likeness (QED) is 0.495. The molecule has 1 fully saturated rings. The van der Waals surface area contributed by atoms with Crippen LogP contribution in [0.25, 0.3) is 11.1 Å².